The third-order valence-corrected chi connectivity index (χ3v) is 4.02. The maximum atomic E-state index is 12.1. The summed E-state index contributed by atoms with van der Waals surface area (Å²) in [6.45, 7) is 0. The van der Waals surface area contributed by atoms with Gasteiger partial charge in [-0.2, -0.15) is 5.10 Å². The van der Waals surface area contributed by atoms with Gasteiger partial charge < -0.3 is 0 Å². The lowest BCUT2D eigenvalue weighted by atomic mass is 10.1. The Kier molecular flexibility index (Phi) is 4.60. The molecule has 0 radical (unpaired) electrons. The van der Waals surface area contributed by atoms with Crippen LogP contribution in [0.2, 0.25) is 10.0 Å². The molecule has 0 amide bonds. The number of nitrogens with one attached hydrogen (secondary N) is 1. The number of rotatable bonds is 4. The number of aromatic nitrogens is 2. The number of benzene rings is 2. The molecule has 0 unspecified atom stereocenters. The Balaban J connectivity index is 1.76. The average molecular weight is 343 g/mol. The van der Waals surface area contributed by atoms with E-state index < -0.39 is 0 Å². The van der Waals surface area contributed by atoms with Crippen LogP contribution in [0.25, 0.3) is 17.3 Å². The van der Waals surface area contributed by atoms with Gasteiger partial charge in [-0.1, -0.05) is 53.5 Å². The van der Waals surface area contributed by atoms with Gasteiger partial charge in [-0.15, -0.1) is 0 Å². The molecular formula is C18H12Cl2N2O. The summed E-state index contributed by atoms with van der Waals surface area (Å²) in [5.41, 5.74) is 3.07. The minimum atomic E-state index is -0.153. The Morgan fingerprint density at radius 3 is 2.52 bits per heavy atom. The van der Waals surface area contributed by atoms with Crippen LogP contribution in [0.1, 0.15) is 16.1 Å². The van der Waals surface area contributed by atoms with Crippen LogP contribution in [-0.2, 0) is 0 Å². The molecule has 0 saturated carbocycles. The molecule has 0 aliphatic carbocycles. The van der Waals surface area contributed by atoms with Crippen LogP contribution in [0.15, 0.2) is 60.7 Å². The van der Waals surface area contributed by atoms with Crippen molar-refractivity contribution in [1.82, 2.24) is 10.2 Å². The molecule has 0 saturated heterocycles. The number of hydrogen-bond acceptors (Lipinski definition) is 2. The Labute approximate surface area is 143 Å². The molecule has 0 fully saturated rings. The Morgan fingerprint density at radius 2 is 1.78 bits per heavy atom. The van der Waals surface area contributed by atoms with Crippen LogP contribution in [0, 0.1) is 0 Å². The molecule has 3 aromatic rings. The fourth-order valence-electron chi connectivity index (χ4n) is 2.09. The van der Waals surface area contributed by atoms with Crippen molar-refractivity contribution in [2.75, 3.05) is 0 Å². The third-order valence-electron chi connectivity index (χ3n) is 3.29. The average Bonchev–Trinajstić information content (AvgIpc) is 3.05. The molecule has 1 heterocycles. The zero-order valence-electron chi connectivity index (χ0n) is 12.0. The number of ketones is 1. The summed E-state index contributed by atoms with van der Waals surface area (Å²) in [5.74, 6) is -0.153. The van der Waals surface area contributed by atoms with Crippen LogP contribution < -0.4 is 0 Å². The second kappa shape index (κ2) is 6.82. The molecule has 114 valence electrons. The van der Waals surface area contributed by atoms with E-state index in [9.17, 15) is 4.79 Å². The Bertz CT molecular complexity index is 870. The van der Waals surface area contributed by atoms with Crippen LogP contribution >= 0.6 is 23.2 Å². The summed E-state index contributed by atoms with van der Waals surface area (Å²) >= 11 is 11.8. The summed E-state index contributed by atoms with van der Waals surface area (Å²) in [6, 6.07) is 16.5. The summed E-state index contributed by atoms with van der Waals surface area (Å²) < 4.78 is 0. The highest BCUT2D eigenvalue weighted by atomic mass is 35.5. The first-order chi connectivity index (χ1) is 11.1. The number of carbonyl (C=O) groups is 1. The lowest BCUT2D eigenvalue weighted by Crippen LogP contribution is -1.93. The Morgan fingerprint density at radius 1 is 1.00 bits per heavy atom. The SMILES string of the molecule is O=C(C=Cc1cc(-c2ccccc2)n[nH]1)c1ccc(Cl)c(Cl)c1. The first-order valence-electron chi connectivity index (χ1n) is 6.92. The molecule has 0 atom stereocenters. The van der Waals surface area contributed by atoms with Gasteiger partial charge in [-0.3, -0.25) is 9.89 Å². The van der Waals surface area contributed by atoms with E-state index in [0.717, 1.165) is 17.0 Å². The van der Waals surface area contributed by atoms with E-state index in [2.05, 4.69) is 10.2 Å². The minimum Gasteiger partial charge on any atom is -0.289 e. The van der Waals surface area contributed by atoms with E-state index in [0.29, 0.717) is 15.6 Å². The number of nitrogens with zero attached hydrogens (tertiary/aromatic N) is 1. The highest BCUT2D eigenvalue weighted by molar-refractivity contribution is 6.42. The molecule has 0 aliphatic rings. The number of carbonyl (C=O) groups excluding carboxylic acids is 1. The van der Waals surface area contributed by atoms with Crippen LogP contribution in [-0.4, -0.2) is 16.0 Å². The predicted molar refractivity (Wildman–Crippen MR) is 93.9 cm³/mol. The molecular weight excluding hydrogens is 331 g/mol. The fourth-order valence-corrected chi connectivity index (χ4v) is 2.39. The van der Waals surface area contributed by atoms with Gasteiger partial charge in [0, 0.05) is 11.1 Å². The first kappa shape index (κ1) is 15.5. The van der Waals surface area contributed by atoms with Gasteiger partial charge >= 0.3 is 0 Å². The lowest BCUT2D eigenvalue weighted by Gasteiger charge is -1.98. The van der Waals surface area contributed by atoms with Gasteiger partial charge in [0.2, 0.25) is 0 Å². The summed E-state index contributed by atoms with van der Waals surface area (Å²) in [7, 11) is 0. The van der Waals surface area contributed by atoms with Crippen molar-refractivity contribution in [2.45, 2.75) is 0 Å². The summed E-state index contributed by atoms with van der Waals surface area (Å²) in [4.78, 5) is 12.1. The first-order valence-corrected chi connectivity index (χ1v) is 7.67. The van der Waals surface area contributed by atoms with E-state index in [-0.39, 0.29) is 5.78 Å². The fraction of sp³-hybridized carbons (Fsp3) is 0. The van der Waals surface area contributed by atoms with E-state index in [4.69, 9.17) is 23.2 Å². The van der Waals surface area contributed by atoms with Crippen molar-refractivity contribution in [2.24, 2.45) is 0 Å². The highest BCUT2D eigenvalue weighted by Gasteiger charge is 2.06. The second-order valence-corrected chi connectivity index (χ2v) is 5.72. The third kappa shape index (κ3) is 3.70. The molecule has 3 rings (SSSR count). The quantitative estimate of drug-likeness (QED) is 0.517. The van der Waals surface area contributed by atoms with Crippen molar-refractivity contribution in [3.05, 3.63) is 82.0 Å². The molecule has 2 aromatic carbocycles. The summed E-state index contributed by atoms with van der Waals surface area (Å²) in [5, 5.41) is 7.92. The number of hydrogen-bond donors (Lipinski definition) is 1. The van der Waals surface area contributed by atoms with Crippen LogP contribution in [0.4, 0.5) is 0 Å². The molecule has 0 aliphatic heterocycles. The maximum absolute atomic E-state index is 12.1. The summed E-state index contributed by atoms with van der Waals surface area (Å²) in [6.07, 6.45) is 3.16. The minimum absolute atomic E-state index is 0.153. The van der Waals surface area contributed by atoms with Gasteiger partial charge in [0.15, 0.2) is 5.78 Å². The van der Waals surface area contributed by atoms with E-state index in [1.165, 1.54) is 6.08 Å². The molecule has 1 N–H and O–H groups in total. The molecule has 5 heteroatoms. The number of aromatic amines is 1. The molecule has 0 spiro atoms. The highest BCUT2D eigenvalue weighted by Crippen LogP contribution is 2.23. The maximum Gasteiger partial charge on any atom is 0.185 e. The van der Waals surface area contributed by atoms with Gasteiger partial charge in [0.25, 0.3) is 0 Å². The van der Waals surface area contributed by atoms with Gasteiger partial charge in [0.05, 0.1) is 21.4 Å². The van der Waals surface area contributed by atoms with Gasteiger partial charge in [0.1, 0.15) is 0 Å². The van der Waals surface area contributed by atoms with Crippen LogP contribution in [0.5, 0.6) is 0 Å². The Hall–Kier alpha value is -2.36. The topological polar surface area (TPSA) is 45.8 Å². The van der Waals surface area contributed by atoms with Crippen LogP contribution in [0.3, 0.4) is 0 Å². The normalized spacial score (nSPS) is 11.0. The van der Waals surface area contributed by atoms with E-state index in [1.54, 1.807) is 24.3 Å². The molecule has 23 heavy (non-hydrogen) atoms. The lowest BCUT2D eigenvalue weighted by molar-refractivity contribution is 0.104. The monoisotopic (exact) mass is 342 g/mol. The smallest absolute Gasteiger partial charge is 0.185 e. The van der Waals surface area contributed by atoms with Crippen molar-refractivity contribution in [3.8, 4) is 11.3 Å². The second-order valence-electron chi connectivity index (χ2n) is 4.90. The molecule has 1 aromatic heterocycles. The van der Waals surface area contributed by atoms with Gasteiger partial charge in [-0.05, 0) is 36.4 Å². The van der Waals surface area contributed by atoms with E-state index in [1.807, 2.05) is 36.4 Å². The predicted octanol–water partition coefficient (Wildman–Crippen LogP) is 5.28. The van der Waals surface area contributed by atoms with E-state index >= 15 is 0 Å². The zero-order chi connectivity index (χ0) is 16.2. The number of H-pyrrole nitrogens is 1. The zero-order valence-corrected chi connectivity index (χ0v) is 13.5. The number of halogens is 2. The molecule has 0 bridgehead atoms. The van der Waals surface area contributed by atoms with Crippen molar-refractivity contribution >= 4 is 35.1 Å². The largest absolute Gasteiger partial charge is 0.289 e. The van der Waals surface area contributed by atoms with Crippen molar-refractivity contribution in [3.63, 3.8) is 0 Å². The standard InChI is InChI=1S/C18H12Cl2N2O/c19-15-8-6-13(10-16(15)20)18(23)9-7-14-11-17(22-21-14)12-4-2-1-3-5-12/h1-11H,(H,21,22). The van der Waals surface area contributed by atoms with Crippen molar-refractivity contribution < 1.29 is 4.79 Å². The molecule has 3 nitrogen and oxygen atoms in total. The van der Waals surface area contributed by atoms with Crippen molar-refractivity contribution in [1.29, 1.82) is 0 Å². The number of allylic oxidation sites excluding steroid dienone is 1. The van der Waals surface area contributed by atoms with Gasteiger partial charge in [-0.25, -0.2) is 0 Å².